The fraction of sp³-hybridized carbons (Fsp3) is 0.562. The second-order valence-corrected chi connectivity index (χ2v) is 5.86. The van der Waals surface area contributed by atoms with Crippen molar-refractivity contribution in [3.8, 4) is 0 Å². The van der Waals surface area contributed by atoms with Gasteiger partial charge in [0.15, 0.2) is 0 Å². The van der Waals surface area contributed by atoms with Crippen molar-refractivity contribution in [2.24, 2.45) is 0 Å². The molecule has 0 unspecified atom stereocenters. The van der Waals surface area contributed by atoms with Crippen molar-refractivity contribution in [2.75, 3.05) is 18.5 Å². The van der Waals surface area contributed by atoms with Gasteiger partial charge in [0.05, 0.1) is 6.54 Å². The molecule has 1 aromatic rings. The van der Waals surface area contributed by atoms with E-state index in [0.717, 1.165) is 12.2 Å². The molecule has 4 nitrogen and oxygen atoms in total. The Labute approximate surface area is 121 Å². The standard InChI is InChI=1S/C16H25N3O/c1-12(2)18-16(20)11-19(3)15-7-5-4-6-13(15)10-17-14-8-9-14/h4-7,12,14,17H,8-11H2,1-3H3,(H,18,20). The van der Waals surface area contributed by atoms with Gasteiger partial charge >= 0.3 is 0 Å². The van der Waals surface area contributed by atoms with Crippen molar-refractivity contribution in [3.63, 3.8) is 0 Å². The lowest BCUT2D eigenvalue weighted by Crippen LogP contribution is -2.39. The molecule has 2 rings (SSSR count). The van der Waals surface area contributed by atoms with Gasteiger partial charge in [-0.25, -0.2) is 0 Å². The lowest BCUT2D eigenvalue weighted by molar-refractivity contribution is -0.120. The second kappa shape index (κ2) is 6.75. The normalized spacial score (nSPS) is 14.4. The first-order valence-corrected chi connectivity index (χ1v) is 7.38. The van der Waals surface area contributed by atoms with Crippen LogP contribution in [0.15, 0.2) is 24.3 Å². The molecule has 0 radical (unpaired) electrons. The van der Waals surface area contributed by atoms with Crippen molar-refractivity contribution in [1.29, 1.82) is 0 Å². The van der Waals surface area contributed by atoms with Gasteiger partial charge in [0.2, 0.25) is 5.91 Å². The minimum absolute atomic E-state index is 0.0625. The van der Waals surface area contributed by atoms with Crippen LogP contribution in [0.25, 0.3) is 0 Å². The fourth-order valence-corrected chi connectivity index (χ4v) is 2.24. The summed E-state index contributed by atoms with van der Waals surface area (Å²) in [6, 6.07) is 9.15. The highest BCUT2D eigenvalue weighted by Crippen LogP contribution is 2.22. The van der Waals surface area contributed by atoms with Crippen molar-refractivity contribution in [3.05, 3.63) is 29.8 Å². The maximum absolute atomic E-state index is 11.9. The van der Waals surface area contributed by atoms with E-state index in [4.69, 9.17) is 0 Å². The summed E-state index contributed by atoms with van der Waals surface area (Å²) >= 11 is 0. The molecule has 1 amide bonds. The largest absolute Gasteiger partial charge is 0.365 e. The Morgan fingerprint density at radius 1 is 1.35 bits per heavy atom. The highest BCUT2D eigenvalue weighted by Gasteiger charge is 2.20. The van der Waals surface area contributed by atoms with Crippen molar-refractivity contribution in [2.45, 2.75) is 45.3 Å². The van der Waals surface area contributed by atoms with E-state index in [0.29, 0.717) is 12.6 Å². The van der Waals surface area contributed by atoms with Gasteiger partial charge in [-0.05, 0) is 38.3 Å². The molecule has 1 saturated carbocycles. The van der Waals surface area contributed by atoms with E-state index in [1.54, 1.807) is 0 Å². The van der Waals surface area contributed by atoms with Crippen LogP contribution in [0.3, 0.4) is 0 Å². The number of likely N-dealkylation sites (N-methyl/N-ethyl adjacent to an activating group) is 1. The quantitative estimate of drug-likeness (QED) is 0.799. The zero-order valence-corrected chi connectivity index (χ0v) is 12.6. The molecule has 1 aromatic carbocycles. The number of nitrogens with one attached hydrogen (secondary N) is 2. The summed E-state index contributed by atoms with van der Waals surface area (Å²) in [5.41, 5.74) is 2.37. The van der Waals surface area contributed by atoms with E-state index in [1.165, 1.54) is 18.4 Å². The van der Waals surface area contributed by atoms with Gasteiger partial charge in [0.25, 0.3) is 0 Å². The first-order chi connectivity index (χ1) is 9.56. The topological polar surface area (TPSA) is 44.4 Å². The van der Waals surface area contributed by atoms with Crippen molar-refractivity contribution in [1.82, 2.24) is 10.6 Å². The van der Waals surface area contributed by atoms with E-state index in [1.807, 2.05) is 31.9 Å². The average molecular weight is 275 g/mol. The van der Waals surface area contributed by atoms with E-state index >= 15 is 0 Å². The summed E-state index contributed by atoms with van der Waals surface area (Å²) in [6.45, 7) is 5.21. The Morgan fingerprint density at radius 3 is 2.70 bits per heavy atom. The summed E-state index contributed by atoms with van der Waals surface area (Å²) in [7, 11) is 1.97. The van der Waals surface area contributed by atoms with Crippen LogP contribution in [0.4, 0.5) is 5.69 Å². The summed E-state index contributed by atoms with van der Waals surface area (Å²) in [5, 5.41) is 6.45. The monoisotopic (exact) mass is 275 g/mol. The van der Waals surface area contributed by atoms with Crippen LogP contribution in [0, 0.1) is 0 Å². The molecular weight excluding hydrogens is 250 g/mol. The Morgan fingerprint density at radius 2 is 2.05 bits per heavy atom. The molecule has 0 spiro atoms. The summed E-state index contributed by atoms with van der Waals surface area (Å²) in [6.07, 6.45) is 2.57. The predicted octanol–water partition coefficient (Wildman–Crippen LogP) is 1.90. The smallest absolute Gasteiger partial charge is 0.239 e. The third-order valence-corrected chi connectivity index (χ3v) is 3.39. The minimum atomic E-state index is 0.0625. The number of anilines is 1. The minimum Gasteiger partial charge on any atom is -0.365 e. The van der Waals surface area contributed by atoms with Crippen LogP contribution in [0.2, 0.25) is 0 Å². The number of rotatable bonds is 7. The number of hydrogen-bond acceptors (Lipinski definition) is 3. The molecule has 20 heavy (non-hydrogen) atoms. The molecule has 0 aliphatic heterocycles. The third-order valence-electron chi connectivity index (χ3n) is 3.39. The van der Waals surface area contributed by atoms with Crippen LogP contribution < -0.4 is 15.5 Å². The van der Waals surface area contributed by atoms with Gasteiger partial charge in [-0.15, -0.1) is 0 Å². The zero-order valence-electron chi connectivity index (χ0n) is 12.6. The number of carbonyl (C=O) groups excluding carboxylic acids is 1. The average Bonchev–Trinajstić information content (AvgIpc) is 3.19. The van der Waals surface area contributed by atoms with E-state index in [2.05, 4.69) is 28.8 Å². The number of carbonyl (C=O) groups is 1. The summed E-state index contributed by atoms with van der Waals surface area (Å²) in [5.74, 6) is 0.0625. The molecule has 110 valence electrons. The number of nitrogens with zero attached hydrogens (tertiary/aromatic N) is 1. The molecule has 0 saturated heterocycles. The van der Waals surface area contributed by atoms with Crippen molar-refractivity contribution >= 4 is 11.6 Å². The second-order valence-electron chi connectivity index (χ2n) is 5.86. The first kappa shape index (κ1) is 14.9. The predicted molar refractivity (Wildman–Crippen MR) is 82.9 cm³/mol. The highest BCUT2D eigenvalue weighted by molar-refractivity contribution is 5.81. The molecule has 1 aliphatic rings. The Kier molecular flexibility index (Phi) is 5.01. The molecule has 1 fully saturated rings. The third kappa shape index (κ3) is 4.53. The molecule has 1 aliphatic carbocycles. The first-order valence-electron chi connectivity index (χ1n) is 7.38. The fourth-order valence-electron chi connectivity index (χ4n) is 2.24. The van der Waals surface area contributed by atoms with Crippen LogP contribution in [-0.4, -0.2) is 31.6 Å². The molecule has 2 N–H and O–H groups in total. The maximum Gasteiger partial charge on any atom is 0.239 e. The van der Waals surface area contributed by atoms with Crippen LogP contribution >= 0.6 is 0 Å². The Balaban J connectivity index is 1.96. The van der Waals surface area contributed by atoms with E-state index in [9.17, 15) is 4.79 Å². The molecule has 0 heterocycles. The van der Waals surface area contributed by atoms with E-state index in [-0.39, 0.29) is 11.9 Å². The van der Waals surface area contributed by atoms with Crippen LogP contribution in [0.5, 0.6) is 0 Å². The van der Waals surface area contributed by atoms with Gasteiger partial charge < -0.3 is 15.5 Å². The summed E-state index contributed by atoms with van der Waals surface area (Å²) in [4.78, 5) is 13.9. The molecule has 4 heteroatoms. The highest BCUT2D eigenvalue weighted by atomic mass is 16.2. The number of benzene rings is 1. The molecule has 0 atom stereocenters. The van der Waals surface area contributed by atoms with Crippen LogP contribution in [-0.2, 0) is 11.3 Å². The SMILES string of the molecule is CC(C)NC(=O)CN(C)c1ccccc1CNC1CC1. The number of hydrogen-bond donors (Lipinski definition) is 2. The van der Waals surface area contributed by atoms with Gasteiger partial charge in [0, 0.05) is 31.4 Å². The zero-order chi connectivity index (χ0) is 14.5. The Bertz CT molecular complexity index is 455. The number of para-hydroxylation sites is 1. The lowest BCUT2D eigenvalue weighted by atomic mass is 10.1. The summed E-state index contributed by atoms with van der Waals surface area (Å²) < 4.78 is 0. The van der Waals surface area contributed by atoms with Gasteiger partial charge in [-0.2, -0.15) is 0 Å². The van der Waals surface area contributed by atoms with Gasteiger partial charge in [-0.1, -0.05) is 18.2 Å². The molecule has 0 aromatic heterocycles. The van der Waals surface area contributed by atoms with Gasteiger partial charge in [-0.3, -0.25) is 4.79 Å². The van der Waals surface area contributed by atoms with Crippen LogP contribution in [0.1, 0.15) is 32.3 Å². The van der Waals surface area contributed by atoms with Gasteiger partial charge in [0.1, 0.15) is 0 Å². The molecular formula is C16H25N3O. The van der Waals surface area contributed by atoms with Crippen molar-refractivity contribution < 1.29 is 4.79 Å². The molecule has 0 bridgehead atoms. The maximum atomic E-state index is 11.9. The lowest BCUT2D eigenvalue weighted by Gasteiger charge is -2.22. The number of amides is 1. The van der Waals surface area contributed by atoms with E-state index < -0.39 is 0 Å². The Hall–Kier alpha value is -1.55.